The highest BCUT2D eigenvalue weighted by Gasteiger charge is 2.32. The van der Waals surface area contributed by atoms with Crippen LogP contribution in [0.15, 0.2) is 61.7 Å². The van der Waals surface area contributed by atoms with Crippen LogP contribution in [0.4, 0.5) is 10.3 Å². The lowest BCUT2D eigenvalue weighted by Crippen LogP contribution is -2.27. The molecule has 0 aromatic carbocycles. The van der Waals surface area contributed by atoms with Crippen LogP contribution in [0.5, 0.6) is 11.5 Å². The van der Waals surface area contributed by atoms with Crippen LogP contribution in [-0.4, -0.2) is 82.8 Å². The molecule has 0 bridgehead atoms. The number of amides is 2. The Hall–Kier alpha value is -4.03. The van der Waals surface area contributed by atoms with Crippen molar-refractivity contribution in [1.82, 2.24) is 39.0 Å². The molecule has 2 saturated heterocycles. The number of pyridine rings is 2. The Morgan fingerprint density at radius 3 is 1.87 bits per heavy atom. The second kappa shape index (κ2) is 18.7. The summed E-state index contributed by atoms with van der Waals surface area (Å²) < 4.78 is 16.0. The van der Waals surface area contributed by atoms with Gasteiger partial charge in [0.1, 0.15) is 12.2 Å². The molecule has 292 valence electrons. The topological polar surface area (TPSA) is 152 Å². The lowest BCUT2D eigenvalue weighted by Gasteiger charge is -2.19. The number of nitrogens with one attached hydrogen (secondary N) is 3. The van der Waals surface area contributed by atoms with E-state index in [4.69, 9.17) is 44.3 Å². The van der Waals surface area contributed by atoms with Crippen LogP contribution in [0.25, 0.3) is 11.3 Å². The maximum Gasteiger partial charge on any atom is 0.223 e. The molecule has 3 N–H and O–H groups in total. The molecule has 0 radical (unpaired) electrons. The van der Waals surface area contributed by atoms with E-state index < -0.39 is 0 Å². The summed E-state index contributed by atoms with van der Waals surface area (Å²) in [5.41, 5.74) is 1.51. The molecule has 6 aromatic rings. The normalized spacial score (nSPS) is 19.4. The quantitative estimate of drug-likeness (QED) is 0.126. The van der Waals surface area contributed by atoms with Gasteiger partial charge in [0, 0.05) is 118 Å². The molecule has 19 heteroatoms. The Morgan fingerprint density at radius 1 is 0.818 bits per heavy atom. The molecule has 2 aliphatic heterocycles. The number of rotatable bonds is 9. The molecule has 4 atom stereocenters. The van der Waals surface area contributed by atoms with Crippen LogP contribution < -0.4 is 25.4 Å². The number of hydrogen-bond donors (Lipinski definition) is 3. The third-order valence-corrected chi connectivity index (χ3v) is 11.5. The summed E-state index contributed by atoms with van der Waals surface area (Å²) in [5, 5.41) is 11.1. The molecular formula is C36H41Cl3N10O4S2. The molecule has 0 unspecified atom stereocenters. The van der Waals surface area contributed by atoms with E-state index in [0.717, 1.165) is 53.5 Å². The maximum atomic E-state index is 11.1. The number of thiazole rings is 2. The van der Waals surface area contributed by atoms with E-state index in [1.807, 2.05) is 51.9 Å². The summed E-state index contributed by atoms with van der Waals surface area (Å²) in [4.78, 5) is 42.9. The number of carbonyl (C=O) groups is 2. The van der Waals surface area contributed by atoms with Gasteiger partial charge < -0.3 is 34.2 Å². The smallest absolute Gasteiger partial charge is 0.223 e. The molecule has 0 spiro atoms. The number of likely N-dealkylation sites (tertiary alicyclic amines) is 1. The maximum absolute atomic E-state index is 11.1. The first-order chi connectivity index (χ1) is 26.4. The van der Waals surface area contributed by atoms with Crippen molar-refractivity contribution in [2.24, 2.45) is 0 Å². The number of imidazole rings is 2. The second-order valence-corrected chi connectivity index (χ2v) is 16.4. The minimum Gasteiger partial charge on any atom is -0.484 e. The van der Waals surface area contributed by atoms with Gasteiger partial charge in [-0.2, -0.15) is 0 Å². The zero-order valence-electron chi connectivity index (χ0n) is 30.5. The largest absolute Gasteiger partial charge is 0.484 e. The van der Waals surface area contributed by atoms with Crippen LogP contribution in [0.3, 0.4) is 0 Å². The minimum absolute atomic E-state index is 0.0446. The molecule has 2 aliphatic rings. The van der Waals surface area contributed by atoms with Crippen LogP contribution in [-0.2, 0) is 22.0 Å². The lowest BCUT2D eigenvalue weighted by molar-refractivity contribution is -0.115. The predicted octanol–water partition coefficient (Wildman–Crippen LogP) is 7.40. The number of ether oxygens (including phenoxy) is 2. The summed E-state index contributed by atoms with van der Waals surface area (Å²) in [6, 6.07) is 4.53. The fraction of sp³-hybridized carbons (Fsp3) is 0.389. The molecule has 2 fully saturated rings. The number of halogens is 3. The van der Waals surface area contributed by atoms with E-state index >= 15 is 0 Å². The number of nitrogens with zero attached hydrogens (tertiary/aromatic N) is 7. The zero-order chi connectivity index (χ0) is 39.1. The standard InChI is InChI=1S/C18H20ClN5O2S.C12H14ClN3O.C6H7ClN2OS/c1-11-7-13(26-16-15(19)3-5-23-6-4-20-17(16)23)9-24(11)10-14-8-21-18(27-14)22-12(2)25;1-8-6-9(7-15-8)17-11-10(13)2-4-16-5-3-14-12(11)16;1-4(10)9-6-8-3-5(2-7)11-6/h3-6,8,11,13H,7,9-10H2,1-2H3,(H,21,22,25);2-5,8-9,15H,6-7H2,1H3;3H,2H2,1H3,(H,8,9,10)/t11-,13+;8-,9+;/m00./s1. The Labute approximate surface area is 341 Å². The lowest BCUT2D eigenvalue weighted by atomic mass is 10.2. The van der Waals surface area contributed by atoms with Crippen molar-refractivity contribution in [1.29, 1.82) is 0 Å². The van der Waals surface area contributed by atoms with E-state index in [1.54, 1.807) is 18.6 Å². The Balaban J connectivity index is 0.000000156. The number of carbonyl (C=O) groups excluding carboxylic acids is 2. The van der Waals surface area contributed by atoms with E-state index in [2.05, 4.69) is 54.6 Å². The summed E-state index contributed by atoms with van der Waals surface area (Å²) in [5.74, 6) is 1.54. The molecule has 8 rings (SSSR count). The van der Waals surface area contributed by atoms with Gasteiger partial charge >= 0.3 is 0 Å². The van der Waals surface area contributed by atoms with Crippen molar-refractivity contribution in [3.05, 3.63) is 81.5 Å². The van der Waals surface area contributed by atoms with Gasteiger partial charge in [0.15, 0.2) is 33.1 Å². The zero-order valence-corrected chi connectivity index (χ0v) is 34.4. The molecule has 55 heavy (non-hydrogen) atoms. The molecule has 2 amide bonds. The number of alkyl halides is 1. The molecule has 8 heterocycles. The van der Waals surface area contributed by atoms with Gasteiger partial charge in [-0.3, -0.25) is 14.5 Å². The third-order valence-electron chi connectivity index (χ3n) is 8.65. The highest BCUT2D eigenvalue weighted by molar-refractivity contribution is 7.16. The van der Waals surface area contributed by atoms with Crippen molar-refractivity contribution in [3.8, 4) is 11.5 Å². The first-order valence-electron chi connectivity index (χ1n) is 17.5. The van der Waals surface area contributed by atoms with Crippen LogP contribution in [0.1, 0.15) is 50.3 Å². The van der Waals surface area contributed by atoms with Gasteiger partial charge in [-0.25, -0.2) is 19.9 Å². The summed E-state index contributed by atoms with van der Waals surface area (Å²) in [7, 11) is 0. The average Bonchev–Trinajstić information content (AvgIpc) is 4.00. The highest BCUT2D eigenvalue weighted by Crippen LogP contribution is 2.33. The fourth-order valence-corrected chi connectivity index (χ4v) is 8.32. The number of anilines is 2. The van der Waals surface area contributed by atoms with Crippen molar-refractivity contribution < 1.29 is 19.1 Å². The van der Waals surface area contributed by atoms with E-state index in [0.29, 0.717) is 49.8 Å². The Kier molecular flexibility index (Phi) is 13.8. The van der Waals surface area contributed by atoms with E-state index in [1.165, 1.54) is 36.5 Å². The van der Waals surface area contributed by atoms with Crippen molar-refractivity contribution in [2.45, 2.75) is 77.3 Å². The summed E-state index contributed by atoms with van der Waals surface area (Å²) in [6.45, 7) is 9.71. The number of hydrogen-bond acceptors (Lipinski definition) is 12. The van der Waals surface area contributed by atoms with Crippen LogP contribution >= 0.6 is 57.5 Å². The number of aromatic nitrogens is 6. The van der Waals surface area contributed by atoms with Gasteiger partial charge in [-0.05, 0) is 26.0 Å². The van der Waals surface area contributed by atoms with Gasteiger partial charge in [-0.15, -0.1) is 34.3 Å². The molecule has 14 nitrogen and oxygen atoms in total. The van der Waals surface area contributed by atoms with Gasteiger partial charge in [0.05, 0.1) is 15.9 Å². The molecule has 0 saturated carbocycles. The van der Waals surface area contributed by atoms with Gasteiger partial charge in [0.2, 0.25) is 11.8 Å². The molecule has 6 aromatic heterocycles. The molecular weight excluding hydrogens is 807 g/mol. The predicted molar refractivity (Wildman–Crippen MR) is 218 cm³/mol. The number of fused-ring (bicyclic) bond motifs is 2. The first kappa shape index (κ1) is 40.6. The van der Waals surface area contributed by atoms with Crippen LogP contribution in [0, 0.1) is 0 Å². The highest BCUT2D eigenvalue weighted by atomic mass is 35.5. The van der Waals surface area contributed by atoms with Gasteiger partial charge in [0.25, 0.3) is 0 Å². The van der Waals surface area contributed by atoms with Crippen molar-refractivity contribution in [2.75, 3.05) is 23.7 Å². The van der Waals surface area contributed by atoms with Crippen molar-refractivity contribution >= 4 is 90.8 Å². The first-order valence-corrected chi connectivity index (χ1v) is 20.4. The monoisotopic (exact) mass is 846 g/mol. The third kappa shape index (κ3) is 10.8. The van der Waals surface area contributed by atoms with E-state index in [-0.39, 0.29) is 24.0 Å². The summed E-state index contributed by atoms with van der Waals surface area (Å²) >= 11 is 21.0. The fourth-order valence-electron chi connectivity index (χ4n) is 6.13. The molecule has 0 aliphatic carbocycles. The summed E-state index contributed by atoms with van der Waals surface area (Å²) in [6.07, 6.45) is 16.6. The second-order valence-electron chi connectivity index (χ2n) is 13.1. The van der Waals surface area contributed by atoms with E-state index in [9.17, 15) is 9.59 Å². The average molecular weight is 848 g/mol. The SMILES string of the molecule is CC(=O)Nc1ncc(CCl)s1.CC(=O)Nc1ncc(CN2C[C@H](Oc3c(Cl)ccn4ccnc34)C[C@@H]2C)s1.C[C@H]1C[C@@H](Oc2c(Cl)ccn3ccnc23)CN1. The van der Waals surface area contributed by atoms with Gasteiger partial charge in [-0.1, -0.05) is 23.2 Å². The van der Waals surface area contributed by atoms with Crippen molar-refractivity contribution in [3.63, 3.8) is 0 Å². The minimum atomic E-state index is -0.111. The van der Waals surface area contributed by atoms with Crippen LogP contribution in [0.2, 0.25) is 10.0 Å². The Morgan fingerprint density at radius 2 is 1.36 bits per heavy atom. The Bertz CT molecular complexity index is 2230.